The van der Waals surface area contributed by atoms with Crippen LogP contribution in [-0.4, -0.2) is 43.2 Å². The molecule has 3 rings (SSSR count). The van der Waals surface area contributed by atoms with Gasteiger partial charge in [-0.05, 0) is 70.0 Å². The predicted molar refractivity (Wildman–Crippen MR) is 125 cm³/mol. The Bertz CT molecular complexity index is 1170. The van der Waals surface area contributed by atoms with Gasteiger partial charge in [-0.2, -0.15) is 9.57 Å². The number of nitriles is 1. The second-order valence-electron chi connectivity index (χ2n) is 9.05. The lowest BCUT2D eigenvalue weighted by Crippen LogP contribution is -2.42. The molecule has 2 aromatic rings. The molecule has 0 atom stereocenters. The van der Waals surface area contributed by atoms with Gasteiger partial charge in [-0.3, -0.25) is 9.59 Å². The van der Waals surface area contributed by atoms with Crippen molar-refractivity contribution in [2.24, 2.45) is 5.92 Å². The van der Waals surface area contributed by atoms with Crippen LogP contribution >= 0.6 is 0 Å². The molecule has 0 radical (unpaired) electrons. The van der Waals surface area contributed by atoms with Gasteiger partial charge in [0.05, 0.1) is 27.8 Å². The number of hydrogen-bond donors (Lipinski definition) is 2. The second-order valence-corrected chi connectivity index (χ2v) is 11.0. The van der Waals surface area contributed by atoms with E-state index in [9.17, 15) is 18.0 Å². The molecule has 9 heteroatoms. The molecule has 0 saturated carbocycles. The first kappa shape index (κ1) is 24.4. The van der Waals surface area contributed by atoms with Crippen LogP contribution in [0.2, 0.25) is 0 Å². The predicted octanol–water partition coefficient (Wildman–Crippen LogP) is 3.13. The van der Waals surface area contributed by atoms with Crippen LogP contribution in [0.25, 0.3) is 0 Å². The van der Waals surface area contributed by atoms with Crippen molar-refractivity contribution in [3.8, 4) is 6.07 Å². The van der Waals surface area contributed by atoms with Crippen molar-refractivity contribution in [2.45, 2.75) is 44.0 Å². The van der Waals surface area contributed by atoms with Crippen molar-refractivity contribution < 1.29 is 18.0 Å². The van der Waals surface area contributed by atoms with Crippen LogP contribution < -0.4 is 10.6 Å². The zero-order valence-electron chi connectivity index (χ0n) is 19.0. The van der Waals surface area contributed by atoms with Crippen LogP contribution in [0.1, 0.15) is 49.5 Å². The minimum atomic E-state index is -3.69. The van der Waals surface area contributed by atoms with Gasteiger partial charge in [-0.1, -0.05) is 12.1 Å². The van der Waals surface area contributed by atoms with Gasteiger partial charge in [0.2, 0.25) is 15.9 Å². The Balaban J connectivity index is 1.64. The van der Waals surface area contributed by atoms with E-state index in [0.29, 0.717) is 29.7 Å². The summed E-state index contributed by atoms with van der Waals surface area (Å²) in [6, 6.07) is 14.6. The Morgan fingerprint density at radius 3 is 2.21 bits per heavy atom. The van der Waals surface area contributed by atoms with Gasteiger partial charge < -0.3 is 10.6 Å². The molecule has 33 heavy (non-hydrogen) atoms. The van der Waals surface area contributed by atoms with Gasteiger partial charge in [-0.15, -0.1) is 0 Å². The molecule has 0 unspecified atom stereocenters. The molecule has 1 fully saturated rings. The van der Waals surface area contributed by atoms with E-state index >= 15 is 0 Å². The lowest BCUT2D eigenvalue weighted by atomic mass is 9.97. The first-order chi connectivity index (χ1) is 15.5. The molecule has 2 amide bonds. The van der Waals surface area contributed by atoms with Gasteiger partial charge in [0.1, 0.15) is 0 Å². The highest BCUT2D eigenvalue weighted by Crippen LogP contribution is 2.26. The zero-order valence-corrected chi connectivity index (χ0v) is 19.8. The number of carbonyl (C=O) groups is 2. The molecule has 1 heterocycles. The van der Waals surface area contributed by atoms with E-state index in [-0.39, 0.29) is 35.7 Å². The number of nitrogens with one attached hydrogen (secondary N) is 2. The van der Waals surface area contributed by atoms with Crippen LogP contribution in [0.4, 0.5) is 5.69 Å². The van der Waals surface area contributed by atoms with E-state index in [1.807, 2.05) is 26.8 Å². The summed E-state index contributed by atoms with van der Waals surface area (Å²) in [5.41, 5.74) is 0.779. The maximum absolute atomic E-state index is 12.9. The van der Waals surface area contributed by atoms with E-state index in [1.165, 1.54) is 28.6 Å². The number of anilines is 1. The minimum Gasteiger partial charge on any atom is -0.347 e. The molecular weight excluding hydrogens is 440 g/mol. The molecule has 1 aliphatic heterocycles. The van der Waals surface area contributed by atoms with Gasteiger partial charge in [0.15, 0.2) is 0 Å². The van der Waals surface area contributed by atoms with Gasteiger partial charge in [-0.25, -0.2) is 8.42 Å². The van der Waals surface area contributed by atoms with Gasteiger partial charge in [0, 0.05) is 24.5 Å². The Morgan fingerprint density at radius 2 is 1.64 bits per heavy atom. The summed E-state index contributed by atoms with van der Waals surface area (Å²) in [7, 11) is -3.69. The molecule has 0 aromatic heterocycles. The maximum Gasteiger partial charge on any atom is 0.253 e. The van der Waals surface area contributed by atoms with E-state index < -0.39 is 15.6 Å². The number of benzene rings is 2. The van der Waals surface area contributed by atoms with Crippen molar-refractivity contribution in [1.82, 2.24) is 9.62 Å². The smallest absolute Gasteiger partial charge is 0.253 e. The van der Waals surface area contributed by atoms with E-state index in [2.05, 4.69) is 10.6 Å². The molecule has 2 N–H and O–H groups in total. The van der Waals surface area contributed by atoms with Crippen LogP contribution in [0.5, 0.6) is 0 Å². The fraction of sp³-hybridized carbons (Fsp3) is 0.375. The molecule has 0 spiro atoms. The molecule has 174 valence electrons. The van der Waals surface area contributed by atoms with Crippen LogP contribution in [0, 0.1) is 17.2 Å². The van der Waals surface area contributed by atoms with Gasteiger partial charge in [0.25, 0.3) is 5.91 Å². The normalized spacial score (nSPS) is 15.5. The fourth-order valence-electron chi connectivity index (χ4n) is 3.64. The van der Waals surface area contributed by atoms with Crippen LogP contribution in [0.3, 0.4) is 0 Å². The number of hydrogen-bond acceptors (Lipinski definition) is 5. The average molecular weight is 469 g/mol. The molecule has 0 aliphatic carbocycles. The SMILES string of the molecule is CC(C)(C)NC(=O)c1ccccc1NC(=O)C1CCN(S(=O)(=O)c2ccc(C#N)cc2)CC1. The summed E-state index contributed by atoms with van der Waals surface area (Å²) in [6.45, 7) is 6.07. The molecule has 1 aliphatic rings. The maximum atomic E-state index is 12.9. The first-order valence-electron chi connectivity index (χ1n) is 10.7. The number of amides is 2. The monoisotopic (exact) mass is 468 g/mol. The summed E-state index contributed by atoms with van der Waals surface area (Å²) in [4.78, 5) is 25.6. The number of carbonyl (C=O) groups excluding carboxylic acids is 2. The van der Waals surface area contributed by atoms with Crippen LogP contribution in [-0.2, 0) is 14.8 Å². The third kappa shape index (κ3) is 5.97. The molecule has 2 aromatic carbocycles. The summed E-state index contributed by atoms with van der Waals surface area (Å²) in [5, 5.41) is 14.6. The topological polar surface area (TPSA) is 119 Å². The summed E-state index contributed by atoms with van der Waals surface area (Å²) >= 11 is 0. The Hall–Kier alpha value is -3.22. The molecule has 0 bridgehead atoms. The highest BCUT2D eigenvalue weighted by molar-refractivity contribution is 7.89. The highest BCUT2D eigenvalue weighted by Gasteiger charge is 2.32. The minimum absolute atomic E-state index is 0.128. The zero-order chi connectivity index (χ0) is 24.2. The van der Waals surface area contributed by atoms with E-state index in [4.69, 9.17) is 5.26 Å². The number of piperidine rings is 1. The Labute approximate surface area is 194 Å². The third-order valence-electron chi connectivity index (χ3n) is 5.36. The highest BCUT2D eigenvalue weighted by atomic mass is 32.2. The van der Waals surface area contributed by atoms with Crippen molar-refractivity contribution in [3.63, 3.8) is 0 Å². The number of sulfonamides is 1. The van der Waals surface area contributed by atoms with E-state index in [1.54, 1.807) is 24.3 Å². The summed E-state index contributed by atoms with van der Waals surface area (Å²) < 4.78 is 27.1. The molecule has 8 nitrogen and oxygen atoms in total. The van der Waals surface area contributed by atoms with Gasteiger partial charge >= 0.3 is 0 Å². The first-order valence-corrected chi connectivity index (χ1v) is 12.2. The summed E-state index contributed by atoms with van der Waals surface area (Å²) in [6.07, 6.45) is 0.745. The molecule has 1 saturated heterocycles. The van der Waals surface area contributed by atoms with Crippen molar-refractivity contribution >= 4 is 27.5 Å². The summed E-state index contributed by atoms with van der Waals surface area (Å²) in [5.74, 6) is -0.876. The fourth-order valence-corrected chi connectivity index (χ4v) is 5.11. The third-order valence-corrected chi connectivity index (χ3v) is 7.28. The molecular formula is C24H28N4O4S. The van der Waals surface area contributed by atoms with Crippen molar-refractivity contribution in [3.05, 3.63) is 59.7 Å². The average Bonchev–Trinajstić information content (AvgIpc) is 2.78. The standard InChI is InChI=1S/C24H28N4O4S/c1-24(2,3)27-23(30)20-6-4-5-7-21(20)26-22(29)18-12-14-28(15-13-18)33(31,32)19-10-8-17(16-25)9-11-19/h4-11,18H,12-15H2,1-3H3,(H,26,29)(H,27,30). The Morgan fingerprint density at radius 1 is 1.03 bits per heavy atom. The van der Waals surface area contributed by atoms with Crippen molar-refractivity contribution in [2.75, 3.05) is 18.4 Å². The Kier molecular flexibility index (Phi) is 7.20. The number of nitrogens with zero attached hydrogens (tertiary/aromatic N) is 2. The van der Waals surface area contributed by atoms with E-state index in [0.717, 1.165) is 0 Å². The van der Waals surface area contributed by atoms with Crippen molar-refractivity contribution in [1.29, 1.82) is 5.26 Å². The number of rotatable bonds is 5. The largest absolute Gasteiger partial charge is 0.347 e. The number of para-hydroxylation sites is 1. The quantitative estimate of drug-likeness (QED) is 0.699. The van der Waals surface area contributed by atoms with Crippen LogP contribution in [0.15, 0.2) is 53.4 Å². The lowest BCUT2D eigenvalue weighted by molar-refractivity contribution is -0.120. The second kappa shape index (κ2) is 9.73. The lowest BCUT2D eigenvalue weighted by Gasteiger charge is -2.30.